The fourth-order valence-corrected chi connectivity index (χ4v) is 1.85. The number of hydrogen-bond donors (Lipinski definition) is 1. The van der Waals surface area contributed by atoms with E-state index in [4.69, 9.17) is 16.3 Å². The number of nitrogens with zero attached hydrogens (tertiary/aromatic N) is 1. The van der Waals surface area contributed by atoms with Gasteiger partial charge < -0.3 is 10.1 Å². The zero-order chi connectivity index (χ0) is 17.7. The van der Waals surface area contributed by atoms with Crippen molar-refractivity contribution >= 4 is 29.2 Å². The molecule has 1 amide bonds. The number of pyridine rings is 1. The number of benzene rings is 1. The molecule has 0 aliphatic rings. The average molecular weight is 359 g/mol. The van der Waals surface area contributed by atoms with Crippen LogP contribution in [-0.4, -0.2) is 23.5 Å². The highest BCUT2D eigenvalue weighted by molar-refractivity contribution is 6.29. The SMILES string of the molecule is O=C(COC(=O)c1ccc(Cl)nc1)Nc1ccccc1C(F)(F)F. The average Bonchev–Trinajstić information content (AvgIpc) is 2.53. The first-order valence-corrected chi connectivity index (χ1v) is 6.90. The smallest absolute Gasteiger partial charge is 0.418 e. The van der Waals surface area contributed by atoms with Crippen molar-refractivity contribution in [2.75, 3.05) is 11.9 Å². The number of hydrogen-bond acceptors (Lipinski definition) is 4. The molecule has 0 saturated heterocycles. The molecule has 24 heavy (non-hydrogen) atoms. The molecule has 0 radical (unpaired) electrons. The lowest BCUT2D eigenvalue weighted by molar-refractivity contribution is -0.137. The lowest BCUT2D eigenvalue weighted by Crippen LogP contribution is -2.22. The number of alkyl halides is 3. The van der Waals surface area contributed by atoms with Crippen LogP contribution in [-0.2, 0) is 15.7 Å². The van der Waals surface area contributed by atoms with Crippen molar-refractivity contribution in [2.45, 2.75) is 6.18 Å². The molecule has 1 heterocycles. The van der Waals surface area contributed by atoms with Gasteiger partial charge >= 0.3 is 12.1 Å². The Kier molecular flexibility index (Phi) is 5.40. The van der Waals surface area contributed by atoms with Crippen molar-refractivity contribution in [1.82, 2.24) is 4.98 Å². The summed E-state index contributed by atoms with van der Waals surface area (Å²) in [4.78, 5) is 27.0. The van der Waals surface area contributed by atoms with Gasteiger partial charge in [0.25, 0.3) is 5.91 Å². The minimum atomic E-state index is -4.62. The monoisotopic (exact) mass is 358 g/mol. The number of esters is 1. The highest BCUT2D eigenvalue weighted by atomic mass is 35.5. The summed E-state index contributed by atoms with van der Waals surface area (Å²) in [5, 5.41) is 2.23. The van der Waals surface area contributed by atoms with E-state index in [1.165, 1.54) is 24.3 Å². The lowest BCUT2D eigenvalue weighted by Gasteiger charge is -2.13. The summed E-state index contributed by atoms with van der Waals surface area (Å²) in [6.07, 6.45) is -3.46. The molecule has 1 N–H and O–H groups in total. The first kappa shape index (κ1) is 17.7. The first-order valence-electron chi connectivity index (χ1n) is 6.52. The number of carbonyl (C=O) groups is 2. The standard InChI is InChI=1S/C15H10ClF3N2O3/c16-12-6-5-9(7-20-12)14(23)24-8-13(22)21-11-4-2-1-3-10(11)15(17,18)19/h1-7H,8H2,(H,21,22). The summed E-state index contributed by atoms with van der Waals surface area (Å²) in [6, 6.07) is 7.18. The summed E-state index contributed by atoms with van der Waals surface area (Å²) in [6.45, 7) is -0.742. The number of nitrogens with one attached hydrogen (secondary N) is 1. The molecule has 0 unspecified atom stereocenters. The maximum Gasteiger partial charge on any atom is 0.418 e. The molecule has 2 rings (SSSR count). The Morgan fingerprint density at radius 2 is 1.88 bits per heavy atom. The molecule has 1 aromatic heterocycles. The molecular weight excluding hydrogens is 349 g/mol. The Labute approximate surface area is 139 Å². The summed E-state index contributed by atoms with van der Waals surface area (Å²) >= 11 is 5.57. The van der Waals surface area contributed by atoms with Crippen molar-refractivity contribution in [2.24, 2.45) is 0 Å². The number of halogens is 4. The van der Waals surface area contributed by atoms with Gasteiger partial charge in [0.15, 0.2) is 6.61 Å². The predicted molar refractivity (Wildman–Crippen MR) is 79.6 cm³/mol. The number of ether oxygens (including phenoxy) is 1. The van der Waals surface area contributed by atoms with Gasteiger partial charge in [-0.15, -0.1) is 0 Å². The van der Waals surface area contributed by atoms with E-state index in [0.717, 1.165) is 18.3 Å². The van der Waals surface area contributed by atoms with Crippen LogP contribution in [0.3, 0.4) is 0 Å². The number of carbonyl (C=O) groups excluding carboxylic acids is 2. The zero-order valence-electron chi connectivity index (χ0n) is 11.9. The Balaban J connectivity index is 1.97. The van der Waals surface area contributed by atoms with E-state index >= 15 is 0 Å². The molecular formula is C15H10ClF3N2O3. The lowest BCUT2D eigenvalue weighted by atomic mass is 10.1. The van der Waals surface area contributed by atoms with Crippen LogP contribution in [0.15, 0.2) is 42.6 Å². The van der Waals surface area contributed by atoms with Gasteiger partial charge in [-0.05, 0) is 24.3 Å². The molecule has 1 aromatic carbocycles. The molecule has 2 aromatic rings. The number of amides is 1. The largest absolute Gasteiger partial charge is 0.452 e. The Morgan fingerprint density at radius 1 is 1.17 bits per heavy atom. The van der Waals surface area contributed by atoms with Crippen LogP contribution in [0.25, 0.3) is 0 Å². The highest BCUT2D eigenvalue weighted by Gasteiger charge is 2.33. The maximum absolute atomic E-state index is 12.8. The van der Waals surface area contributed by atoms with Gasteiger partial charge in [0.05, 0.1) is 16.8 Å². The molecule has 0 atom stereocenters. The second-order valence-electron chi connectivity index (χ2n) is 4.54. The van der Waals surface area contributed by atoms with Crippen LogP contribution in [0.1, 0.15) is 15.9 Å². The molecule has 5 nitrogen and oxygen atoms in total. The van der Waals surface area contributed by atoms with E-state index < -0.39 is 35.9 Å². The Bertz CT molecular complexity index is 748. The zero-order valence-corrected chi connectivity index (χ0v) is 12.7. The molecule has 0 bridgehead atoms. The second kappa shape index (κ2) is 7.31. The second-order valence-corrected chi connectivity index (χ2v) is 4.92. The van der Waals surface area contributed by atoms with E-state index in [9.17, 15) is 22.8 Å². The van der Waals surface area contributed by atoms with Gasteiger partial charge in [0.2, 0.25) is 0 Å². The minimum Gasteiger partial charge on any atom is -0.452 e. The molecule has 126 valence electrons. The third-order valence-electron chi connectivity index (χ3n) is 2.80. The van der Waals surface area contributed by atoms with E-state index in [1.807, 2.05) is 0 Å². The van der Waals surface area contributed by atoms with Gasteiger partial charge in [0.1, 0.15) is 5.15 Å². The minimum absolute atomic E-state index is 0.0582. The van der Waals surface area contributed by atoms with Gasteiger partial charge in [-0.25, -0.2) is 9.78 Å². The summed E-state index contributed by atoms with van der Waals surface area (Å²) in [5.74, 6) is -1.75. The van der Waals surface area contributed by atoms with Crippen LogP contribution in [0, 0.1) is 0 Å². The highest BCUT2D eigenvalue weighted by Crippen LogP contribution is 2.34. The van der Waals surface area contributed by atoms with Crippen LogP contribution < -0.4 is 5.32 Å². The fraction of sp³-hybridized carbons (Fsp3) is 0.133. The molecule has 9 heteroatoms. The summed E-state index contributed by atoms with van der Waals surface area (Å²) in [7, 11) is 0. The first-order chi connectivity index (χ1) is 11.3. The van der Waals surface area contributed by atoms with Gasteiger partial charge in [-0.2, -0.15) is 13.2 Å². The van der Waals surface area contributed by atoms with E-state index in [2.05, 4.69) is 10.3 Å². The summed E-state index contributed by atoms with van der Waals surface area (Å²) < 4.78 is 43.1. The molecule has 0 aliphatic heterocycles. The molecule has 0 fully saturated rings. The normalized spacial score (nSPS) is 11.0. The third kappa shape index (κ3) is 4.69. The van der Waals surface area contributed by atoms with E-state index in [0.29, 0.717) is 0 Å². The topological polar surface area (TPSA) is 68.3 Å². The summed E-state index contributed by atoms with van der Waals surface area (Å²) in [5.41, 5.74) is -1.35. The fourth-order valence-electron chi connectivity index (χ4n) is 1.74. The van der Waals surface area contributed by atoms with Crippen molar-refractivity contribution in [1.29, 1.82) is 0 Å². The quantitative estimate of drug-likeness (QED) is 0.670. The van der Waals surface area contributed by atoms with Crippen LogP contribution in [0.4, 0.5) is 18.9 Å². The number of rotatable bonds is 4. The maximum atomic E-state index is 12.8. The van der Waals surface area contributed by atoms with Crippen molar-refractivity contribution < 1.29 is 27.5 Å². The van der Waals surface area contributed by atoms with E-state index in [-0.39, 0.29) is 10.7 Å². The number of anilines is 1. The van der Waals surface area contributed by atoms with Gasteiger partial charge in [-0.1, -0.05) is 23.7 Å². The molecule has 0 aliphatic carbocycles. The predicted octanol–water partition coefficient (Wildman–Crippen LogP) is 3.55. The van der Waals surface area contributed by atoms with Crippen molar-refractivity contribution in [3.8, 4) is 0 Å². The Hall–Kier alpha value is -2.61. The molecule has 0 spiro atoms. The van der Waals surface area contributed by atoms with Crippen LogP contribution in [0.5, 0.6) is 0 Å². The Morgan fingerprint density at radius 3 is 2.50 bits per heavy atom. The van der Waals surface area contributed by atoms with Crippen LogP contribution >= 0.6 is 11.6 Å². The molecule has 0 saturated carbocycles. The van der Waals surface area contributed by atoms with Crippen molar-refractivity contribution in [3.63, 3.8) is 0 Å². The third-order valence-corrected chi connectivity index (χ3v) is 3.03. The van der Waals surface area contributed by atoms with Crippen molar-refractivity contribution in [3.05, 3.63) is 58.9 Å². The van der Waals surface area contributed by atoms with Gasteiger partial charge in [-0.3, -0.25) is 4.79 Å². The number of para-hydroxylation sites is 1. The number of aromatic nitrogens is 1. The van der Waals surface area contributed by atoms with Crippen LogP contribution in [0.2, 0.25) is 5.15 Å². The van der Waals surface area contributed by atoms with E-state index in [1.54, 1.807) is 0 Å². The van der Waals surface area contributed by atoms with Gasteiger partial charge in [0, 0.05) is 6.20 Å².